The molecule has 3 rings (SSSR count). The van der Waals surface area contributed by atoms with Gasteiger partial charge in [-0.05, 0) is 50.1 Å². The van der Waals surface area contributed by atoms with E-state index in [1.807, 2.05) is 30.5 Å². The Bertz CT molecular complexity index is 780. The topological polar surface area (TPSA) is 82.6 Å². The van der Waals surface area contributed by atoms with Gasteiger partial charge in [0.25, 0.3) is 0 Å². The molecule has 28 heavy (non-hydrogen) atoms. The highest BCUT2D eigenvalue weighted by Gasteiger charge is 2.17. The highest BCUT2D eigenvalue weighted by molar-refractivity contribution is 7.98. The van der Waals surface area contributed by atoms with Crippen molar-refractivity contribution in [2.45, 2.75) is 44.2 Å². The second kappa shape index (κ2) is 10.4. The van der Waals surface area contributed by atoms with Crippen LogP contribution in [0.5, 0.6) is 0 Å². The van der Waals surface area contributed by atoms with Crippen LogP contribution in [0.25, 0.3) is 0 Å². The molecule has 0 spiro atoms. The molecule has 0 aliphatic carbocycles. The number of anilines is 2. The van der Waals surface area contributed by atoms with Gasteiger partial charge in [0.2, 0.25) is 0 Å². The summed E-state index contributed by atoms with van der Waals surface area (Å²) in [5.41, 5.74) is 2.17. The molecule has 1 aromatic carbocycles. The number of aromatic nitrogens is 2. The number of hydrogen-bond acceptors (Lipinski definition) is 8. The Morgan fingerprint density at radius 2 is 2.14 bits per heavy atom. The predicted octanol–water partition coefficient (Wildman–Crippen LogP) is 4.16. The van der Waals surface area contributed by atoms with E-state index in [4.69, 9.17) is 14.2 Å². The standard InChI is InChI=1S/C20H25N3O4S/c1-3-25-19(24)16-12-21-20(28-2)23-18(16)22-15-9-7-14(8-10-15)13-27-17-6-4-5-11-26-17/h7-10,12,17H,3-6,11,13H2,1-2H3,(H,21,22,23). The SMILES string of the molecule is CCOC(=O)c1cnc(SC)nc1Nc1ccc(COC2CCCCO2)cc1. The van der Waals surface area contributed by atoms with Gasteiger partial charge in [-0.3, -0.25) is 0 Å². The molecule has 1 unspecified atom stereocenters. The zero-order valence-corrected chi connectivity index (χ0v) is 17.0. The Hall–Kier alpha value is -2.16. The predicted molar refractivity (Wildman–Crippen MR) is 108 cm³/mol. The maximum absolute atomic E-state index is 12.2. The van der Waals surface area contributed by atoms with Crippen molar-refractivity contribution in [3.8, 4) is 0 Å². The Morgan fingerprint density at radius 1 is 1.32 bits per heavy atom. The molecule has 8 heteroatoms. The number of carbonyl (C=O) groups is 1. The molecule has 1 aliphatic rings. The molecule has 1 saturated heterocycles. The zero-order chi connectivity index (χ0) is 19.8. The first kappa shape index (κ1) is 20.6. The van der Waals surface area contributed by atoms with Crippen LogP contribution in [0, 0.1) is 0 Å². The van der Waals surface area contributed by atoms with Gasteiger partial charge in [0, 0.05) is 18.5 Å². The van der Waals surface area contributed by atoms with Crippen LogP contribution in [0.15, 0.2) is 35.6 Å². The summed E-state index contributed by atoms with van der Waals surface area (Å²) in [5, 5.41) is 3.77. The minimum Gasteiger partial charge on any atom is -0.462 e. The van der Waals surface area contributed by atoms with Crippen LogP contribution >= 0.6 is 11.8 Å². The van der Waals surface area contributed by atoms with Gasteiger partial charge in [0.15, 0.2) is 11.4 Å². The second-order valence-electron chi connectivity index (χ2n) is 6.27. The molecule has 1 aliphatic heterocycles. The van der Waals surface area contributed by atoms with E-state index in [1.165, 1.54) is 18.0 Å². The third kappa shape index (κ3) is 5.67. The lowest BCUT2D eigenvalue weighted by Crippen LogP contribution is -2.21. The largest absolute Gasteiger partial charge is 0.462 e. The summed E-state index contributed by atoms with van der Waals surface area (Å²) in [6, 6.07) is 7.81. The molecule has 0 bridgehead atoms. The van der Waals surface area contributed by atoms with Gasteiger partial charge in [-0.1, -0.05) is 23.9 Å². The molecule has 0 amide bonds. The molecule has 150 valence electrons. The molecule has 2 aromatic rings. The highest BCUT2D eigenvalue weighted by Crippen LogP contribution is 2.23. The molecular formula is C20H25N3O4S. The lowest BCUT2D eigenvalue weighted by atomic mass is 10.2. The maximum atomic E-state index is 12.2. The van der Waals surface area contributed by atoms with Crippen LogP contribution in [-0.2, 0) is 20.8 Å². The van der Waals surface area contributed by atoms with E-state index in [-0.39, 0.29) is 6.29 Å². The number of hydrogen-bond donors (Lipinski definition) is 1. The van der Waals surface area contributed by atoms with Crippen molar-refractivity contribution in [3.05, 3.63) is 41.6 Å². The normalized spacial score (nSPS) is 16.6. The lowest BCUT2D eigenvalue weighted by Gasteiger charge is -2.22. The molecule has 1 aromatic heterocycles. The maximum Gasteiger partial charge on any atom is 0.343 e. The van der Waals surface area contributed by atoms with Crippen LogP contribution in [-0.4, -0.2) is 41.7 Å². The summed E-state index contributed by atoms with van der Waals surface area (Å²) in [4.78, 5) is 20.7. The first-order chi connectivity index (χ1) is 13.7. The van der Waals surface area contributed by atoms with E-state index in [1.54, 1.807) is 6.92 Å². The van der Waals surface area contributed by atoms with Gasteiger partial charge >= 0.3 is 5.97 Å². The number of rotatable bonds is 8. The first-order valence-corrected chi connectivity index (χ1v) is 10.6. The molecule has 1 fully saturated rings. The molecule has 0 radical (unpaired) electrons. The van der Waals surface area contributed by atoms with E-state index in [2.05, 4.69) is 15.3 Å². The number of thioether (sulfide) groups is 1. The van der Waals surface area contributed by atoms with Crippen LogP contribution in [0.1, 0.15) is 42.1 Å². The van der Waals surface area contributed by atoms with Gasteiger partial charge in [0.1, 0.15) is 11.4 Å². The molecule has 1 atom stereocenters. The third-order valence-corrected chi connectivity index (χ3v) is 4.80. The van der Waals surface area contributed by atoms with Crippen molar-refractivity contribution >= 4 is 29.2 Å². The van der Waals surface area contributed by atoms with Crippen LogP contribution < -0.4 is 5.32 Å². The quantitative estimate of drug-likeness (QED) is 0.400. The van der Waals surface area contributed by atoms with Gasteiger partial charge in [-0.15, -0.1) is 0 Å². The van der Waals surface area contributed by atoms with E-state index < -0.39 is 5.97 Å². The number of nitrogens with zero attached hydrogens (tertiary/aromatic N) is 2. The minimum absolute atomic E-state index is 0.107. The molecule has 2 heterocycles. The van der Waals surface area contributed by atoms with Gasteiger partial charge in [-0.2, -0.15) is 0 Å². The van der Waals surface area contributed by atoms with E-state index in [0.29, 0.717) is 29.8 Å². The fourth-order valence-electron chi connectivity index (χ4n) is 2.77. The second-order valence-corrected chi connectivity index (χ2v) is 7.04. The smallest absolute Gasteiger partial charge is 0.343 e. The summed E-state index contributed by atoms with van der Waals surface area (Å²) in [7, 11) is 0. The van der Waals surface area contributed by atoms with E-state index in [9.17, 15) is 4.79 Å². The summed E-state index contributed by atoms with van der Waals surface area (Å²) >= 11 is 1.41. The van der Waals surface area contributed by atoms with Crippen LogP contribution in [0.3, 0.4) is 0 Å². The van der Waals surface area contributed by atoms with Crippen molar-refractivity contribution < 1.29 is 19.0 Å². The van der Waals surface area contributed by atoms with Gasteiger partial charge in [0.05, 0.1) is 13.2 Å². The molecule has 7 nitrogen and oxygen atoms in total. The minimum atomic E-state index is -0.449. The van der Waals surface area contributed by atoms with E-state index >= 15 is 0 Å². The van der Waals surface area contributed by atoms with Crippen LogP contribution in [0.4, 0.5) is 11.5 Å². The first-order valence-electron chi connectivity index (χ1n) is 9.37. The van der Waals surface area contributed by atoms with Crippen LogP contribution in [0.2, 0.25) is 0 Å². The highest BCUT2D eigenvalue weighted by atomic mass is 32.2. The number of ether oxygens (including phenoxy) is 3. The Morgan fingerprint density at radius 3 is 2.82 bits per heavy atom. The van der Waals surface area contributed by atoms with Crippen molar-refractivity contribution in [3.63, 3.8) is 0 Å². The molecular weight excluding hydrogens is 378 g/mol. The van der Waals surface area contributed by atoms with Crippen molar-refractivity contribution in [2.24, 2.45) is 0 Å². The monoisotopic (exact) mass is 403 g/mol. The van der Waals surface area contributed by atoms with Gasteiger partial charge in [-0.25, -0.2) is 14.8 Å². The average molecular weight is 404 g/mol. The number of benzene rings is 1. The fourth-order valence-corrected chi connectivity index (χ4v) is 3.11. The fraction of sp³-hybridized carbons (Fsp3) is 0.450. The van der Waals surface area contributed by atoms with Crippen molar-refractivity contribution in [2.75, 3.05) is 24.8 Å². The number of nitrogens with one attached hydrogen (secondary N) is 1. The Kier molecular flexibility index (Phi) is 7.64. The summed E-state index contributed by atoms with van der Waals surface area (Å²) in [5.74, 6) is -0.0208. The molecule has 0 saturated carbocycles. The number of esters is 1. The van der Waals surface area contributed by atoms with E-state index in [0.717, 1.165) is 37.1 Å². The molecule has 1 N–H and O–H groups in total. The number of carbonyl (C=O) groups excluding carboxylic acids is 1. The lowest BCUT2D eigenvalue weighted by molar-refractivity contribution is -0.168. The van der Waals surface area contributed by atoms with Crippen molar-refractivity contribution in [1.82, 2.24) is 9.97 Å². The third-order valence-electron chi connectivity index (χ3n) is 4.24. The summed E-state index contributed by atoms with van der Waals surface area (Å²) in [6.45, 7) is 3.33. The Labute approximate surface area is 169 Å². The summed E-state index contributed by atoms with van der Waals surface area (Å²) < 4.78 is 16.5. The average Bonchev–Trinajstić information content (AvgIpc) is 2.74. The van der Waals surface area contributed by atoms with Gasteiger partial charge < -0.3 is 19.5 Å². The zero-order valence-electron chi connectivity index (χ0n) is 16.1. The van der Waals surface area contributed by atoms with Crippen molar-refractivity contribution in [1.29, 1.82) is 0 Å². The Balaban J connectivity index is 1.66. The summed E-state index contributed by atoms with van der Waals surface area (Å²) in [6.07, 6.45) is 6.47.